The highest BCUT2D eigenvalue weighted by molar-refractivity contribution is 5.96. The molecule has 1 unspecified atom stereocenters. The first-order valence-electron chi connectivity index (χ1n) is 13.5. The van der Waals surface area contributed by atoms with Crippen LogP contribution in [0.25, 0.3) is 0 Å². The van der Waals surface area contributed by atoms with Gasteiger partial charge in [-0.3, -0.25) is 9.59 Å². The second-order valence-electron chi connectivity index (χ2n) is 9.68. The highest BCUT2D eigenvalue weighted by Gasteiger charge is 2.20. The van der Waals surface area contributed by atoms with Gasteiger partial charge in [0.05, 0.1) is 13.7 Å². The van der Waals surface area contributed by atoms with Gasteiger partial charge < -0.3 is 19.7 Å². The molecule has 1 fully saturated rings. The van der Waals surface area contributed by atoms with Crippen LogP contribution < -0.4 is 14.8 Å². The molecule has 36 heavy (non-hydrogen) atoms. The summed E-state index contributed by atoms with van der Waals surface area (Å²) < 4.78 is 10.9. The third-order valence-electron chi connectivity index (χ3n) is 6.68. The van der Waals surface area contributed by atoms with E-state index in [1.165, 1.54) is 18.4 Å². The average molecular weight is 495 g/mol. The maximum Gasteiger partial charge on any atom is 0.220 e. The third-order valence-corrected chi connectivity index (χ3v) is 6.68. The van der Waals surface area contributed by atoms with Gasteiger partial charge in [-0.05, 0) is 93.6 Å². The number of carbonyl (C=O) groups excluding carboxylic acids is 2. The molecule has 1 aliphatic rings. The fourth-order valence-electron chi connectivity index (χ4n) is 4.57. The highest BCUT2D eigenvalue weighted by Crippen LogP contribution is 2.17. The molecule has 0 saturated carbocycles. The van der Waals surface area contributed by atoms with Gasteiger partial charge in [-0.25, -0.2) is 0 Å². The lowest BCUT2D eigenvalue weighted by molar-refractivity contribution is -0.122. The van der Waals surface area contributed by atoms with E-state index in [9.17, 15) is 9.59 Å². The molecule has 1 atom stereocenters. The average Bonchev–Trinajstić information content (AvgIpc) is 3.41. The maximum atomic E-state index is 12.8. The maximum absolute atomic E-state index is 12.8. The number of methoxy groups -OCH3 is 1. The Kier molecular flexibility index (Phi) is 11.8. The summed E-state index contributed by atoms with van der Waals surface area (Å²) in [7, 11) is 1.61. The number of nitrogens with one attached hydrogen (secondary N) is 1. The molecule has 0 spiro atoms. The number of unbranched alkanes of at least 4 members (excludes halogenated alkanes) is 2. The van der Waals surface area contributed by atoms with E-state index in [-0.39, 0.29) is 17.7 Å². The fraction of sp³-hybridized carbons (Fsp3) is 0.533. The van der Waals surface area contributed by atoms with Crippen LogP contribution in [-0.4, -0.2) is 56.0 Å². The molecular weight excluding hydrogens is 452 g/mol. The predicted molar refractivity (Wildman–Crippen MR) is 144 cm³/mol. The zero-order chi connectivity index (χ0) is 25.6. The van der Waals surface area contributed by atoms with Crippen molar-refractivity contribution in [2.24, 2.45) is 0 Å². The summed E-state index contributed by atoms with van der Waals surface area (Å²) in [5, 5.41) is 3.27. The van der Waals surface area contributed by atoms with Crippen LogP contribution in [0.2, 0.25) is 0 Å². The molecule has 2 aromatic carbocycles. The van der Waals surface area contributed by atoms with Crippen molar-refractivity contribution in [3.63, 3.8) is 0 Å². The Balaban J connectivity index is 1.44. The van der Waals surface area contributed by atoms with Crippen molar-refractivity contribution in [3.05, 3.63) is 59.7 Å². The Morgan fingerprint density at radius 3 is 2.25 bits per heavy atom. The number of rotatable bonds is 16. The number of amides is 1. The van der Waals surface area contributed by atoms with E-state index in [1.54, 1.807) is 31.4 Å². The minimum Gasteiger partial charge on any atom is -0.497 e. The molecule has 0 aromatic heterocycles. The third kappa shape index (κ3) is 9.65. The molecule has 3 rings (SSSR count). The Morgan fingerprint density at radius 1 is 0.917 bits per heavy atom. The van der Waals surface area contributed by atoms with Gasteiger partial charge in [0.25, 0.3) is 0 Å². The lowest BCUT2D eigenvalue weighted by Crippen LogP contribution is -2.44. The zero-order valence-electron chi connectivity index (χ0n) is 22.0. The molecule has 6 nitrogen and oxygen atoms in total. The largest absolute Gasteiger partial charge is 0.497 e. The van der Waals surface area contributed by atoms with Crippen molar-refractivity contribution in [2.45, 2.75) is 70.8 Å². The molecule has 196 valence electrons. The number of benzene rings is 2. The number of likely N-dealkylation sites (tertiary alicyclic amines) is 1. The van der Waals surface area contributed by atoms with Crippen LogP contribution in [0.1, 0.15) is 74.2 Å². The van der Waals surface area contributed by atoms with Crippen LogP contribution in [-0.2, 0) is 11.2 Å². The molecular formula is C30H42N2O4. The number of nitrogens with zero attached hydrogens (tertiary/aromatic N) is 1. The Bertz CT molecular complexity index is 921. The smallest absolute Gasteiger partial charge is 0.220 e. The summed E-state index contributed by atoms with van der Waals surface area (Å²) in [6.45, 7) is 5.98. The van der Waals surface area contributed by atoms with Crippen molar-refractivity contribution >= 4 is 11.7 Å². The van der Waals surface area contributed by atoms with Gasteiger partial charge in [-0.1, -0.05) is 25.5 Å². The quantitative estimate of drug-likeness (QED) is 0.249. The summed E-state index contributed by atoms with van der Waals surface area (Å²) in [6.07, 6.45) is 7.73. The van der Waals surface area contributed by atoms with Gasteiger partial charge in [-0.15, -0.1) is 0 Å². The number of carbonyl (C=O) groups is 2. The minimum absolute atomic E-state index is 0.0654. The van der Waals surface area contributed by atoms with E-state index in [2.05, 4.69) is 29.3 Å². The molecule has 0 aliphatic carbocycles. The molecule has 1 aliphatic heterocycles. The van der Waals surface area contributed by atoms with Crippen molar-refractivity contribution in [2.75, 3.05) is 33.4 Å². The molecule has 0 radical (unpaired) electrons. The Hall–Kier alpha value is -2.86. The molecule has 6 heteroatoms. The topological polar surface area (TPSA) is 67.9 Å². The highest BCUT2D eigenvalue weighted by atomic mass is 16.5. The SMILES string of the molecule is CCCCOc1ccc(CC(CN2CCCC2)NC(=O)CCCCC(=O)c2ccc(OC)cc2)cc1. The molecule has 1 saturated heterocycles. The standard InChI is InChI=1S/C30H42N2O4/c1-3-4-21-36-28-15-11-24(12-16-28)22-26(23-32-19-7-8-20-32)31-30(34)10-6-5-9-29(33)25-13-17-27(35-2)18-14-25/h11-18,26H,3-10,19-23H2,1-2H3,(H,31,34). The van der Waals surface area contributed by atoms with Crippen LogP contribution in [0, 0.1) is 0 Å². The van der Waals surface area contributed by atoms with Gasteiger partial charge in [0.2, 0.25) is 5.91 Å². The van der Waals surface area contributed by atoms with E-state index in [0.29, 0.717) is 31.2 Å². The summed E-state index contributed by atoms with van der Waals surface area (Å²) in [4.78, 5) is 27.6. The minimum atomic E-state index is 0.0654. The van der Waals surface area contributed by atoms with Gasteiger partial charge in [0.1, 0.15) is 11.5 Å². The van der Waals surface area contributed by atoms with Crippen LogP contribution >= 0.6 is 0 Å². The van der Waals surface area contributed by atoms with E-state index in [1.807, 2.05) is 12.1 Å². The van der Waals surface area contributed by atoms with Crippen molar-refractivity contribution in [1.82, 2.24) is 10.2 Å². The lowest BCUT2D eigenvalue weighted by atomic mass is 10.0. The normalized spacial score (nSPS) is 14.4. The molecule has 2 aromatic rings. The number of hydrogen-bond donors (Lipinski definition) is 1. The predicted octanol–water partition coefficient (Wildman–Crippen LogP) is 5.44. The fourth-order valence-corrected chi connectivity index (χ4v) is 4.57. The second-order valence-corrected chi connectivity index (χ2v) is 9.68. The summed E-state index contributed by atoms with van der Waals surface area (Å²) >= 11 is 0. The van der Waals surface area contributed by atoms with Crippen molar-refractivity contribution < 1.29 is 19.1 Å². The molecule has 1 heterocycles. The number of ketones is 1. The Labute approximate surface area is 216 Å². The zero-order valence-corrected chi connectivity index (χ0v) is 22.0. The van der Waals surface area contributed by atoms with Gasteiger partial charge in [0.15, 0.2) is 5.78 Å². The molecule has 0 bridgehead atoms. The first kappa shape index (κ1) is 27.7. The van der Waals surface area contributed by atoms with E-state index in [4.69, 9.17) is 9.47 Å². The second kappa shape index (κ2) is 15.3. The van der Waals surface area contributed by atoms with Crippen LogP contribution in [0.3, 0.4) is 0 Å². The monoisotopic (exact) mass is 494 g/mol. The lowest BCUT2D eigenvalue weighted by Gasteiger charge is -2.25. The van der Waals surface area contributed by atoms with Gasteiger partial charge in [-0.2, -0.15) is 0 Å². The van der Waals surface area contributed by atoms with E-state index >= 15 is 0 Å². The van der Waals surface area contributed by atoms with Crippen molar-refractivity contribution in [3.8, 4) is 11.5 Å². The number of Topliss-reactive ketones (excluding diaryl/α,β-unsaturated/α-hetero) is 1. The van der Waals surface area contributed by atoms with Gasteiger partial charge >= 0.3 is 0 Å². The van der Waals surface area contributed by atoms with Crippen LogP contribution in [0.15, 0.2) is 48.5 Å². The van der Waals surface area contributed by atoms with Crippen molar-refractivity contribution in [1.29, 1.82) is 0 Å². The molecule has 1 N–H and O–H groups in total. The Morgan fingerprint density at radius 2 is 1.58 bits per heavy atom. The number of ether oxygens (including phenoxy) is 2. The first-order valence-corrected chi connectivity index (χ1v) is 13.5. The number of hydrogen-bond acceptors (Lipinski definition) is 5. The molecule has 1 amide bonds. The van der Waals surface area contributed by atoms with E-state index < -0.39 is 0 Å². The summed E-state index contributed by atoms with van der Waals surface area (Å²) in [5.74, 6) is 1.81. The van der Waals surface area contributed by atoms with Crippen LogP contribution in [0.4, 0.5) is 0 Å². The van der Waals surface area contributed by atoms with Gasteiger partial charge in [0, 0.05) is 31.0 Å². The van der Waals surface area contributed by atoms with E-state index in [0.717, 1.165) is 57.0 Å². The summed E-state index contributed by atoms with van der Waals surface area (Å²) in [5.41, 5.74) is 1.89. The summed E-state index contributed by atoms with van der Waals surface area (Å²) in [6, 6.07) is 15.5. The first-order chi connectivity index (χ1) is 17.6. The van der Waals surface area contributed by atoms with Crippen LogP contribution in [0.5, 0.6) is 11.5 Å².